The van der Waals surface area contributed by atoms with Crippen LogP contribution in [0.5, 0.6) is 0 Å². The van der Waals surface area contributed by atoms with E-state index >= 15 is 0 Å². The summed E-state index contributed by atoms with van der Waals surface area (Å²) in [5, 5.41) is 10.3. The Morgan fingerprint density at radius 1 is 1.22 bits per heavy atom. The number of likely N-dealkylation sites (tertiary alicyclic amines) is 1. The number of hydrogen-bond acceptors (Lipinski definition) is 2. The highest BCUT2D eigenvalue weighted by Crippen LogP contribution is 2.24. The minimum atomic E-state index is -0.355. The predicted molar refractivity (Wildman–Crippen MR) is 75.5 cm³/mol. The lowest BCUT2D eigenvalue weighted by Gasteiger charge is -2.36. The second-order valence-electron chi connectivity index (χ2n) is 5.93. The standard InChI is InChI=1S/C16H25NO/c1-12-4-6-15(7-5-12)16(18)11-17-9-8-13(2)14(3)10-17/h4-7,13-14,16,18H,8-11H2,1-3H3. The van der Waals surface area contributed by atoms with Gasteiger partial charge >= 0.3 is 0 Å². The Bertz CT molecular complexity index is 373. The monoisotopic (exact) mass is 247 g/mol. The molecule has 3 unspecified atom stereocenters. The van der Waals surface area contributed by atoms with Crippen molar-refractivity contribution in [1.29, 1.82) is 0 Å². The minimum Gasteiger partial charge on any atom is -0.387 e. The quantitative estimate of drug-likeness (QED) is 0.887. The zero-order valence-electron chi connectivity index (χ0n) is 11.8. The van der Waals surface area contributed by atoms with Crippen molar-refractivity contribution >= 4 is 0 Å². The number of rotatable bonds is 3. The molecule has 2 heteroatoms. The Morgan fingerprint density at radius 3 is 2.50 bits per heavy atom. The zero-order valence-corrected chi connectivity index (χ0v) is 11.8. The number of nitrogens with zero attached hydrogens (tertiary/aromatic N) is 1. The van der Waals surface area contributed by atoms with Crippen molar-refractivity contribution in [1.82, 2.24) is 4.90 Å². The molecule has 1 heterocycles. The lowest BCUT2D eigenvalue weighted by atomic mass is 9.88. The molecule has 3 atom stereocenters. The molecular weight excluding hydrogens is 222 g/mol. The largest absolute Gasteiger partial charge is 0.387 e. The van der Waals surface area contributed by atoms with Crippen LogP contribution in [0.25, 0.3) is 0 Å². The molecule has 0 aromatic heterocycles. The fraction of sp³-hybridized carbons (Fsp3) is 0.625. The van der Waals surface area contributed by atoms with Crippen LogP contribution in [0.3, 0.4) is 0 Å². The molecule has 0 radical (unpaired) electrons. The highest BCUT2D eigenvalue weighted by atomic mass is 16.3. The molecule has 1 aromatic rings. The Hall–Kier alpha value is -0.860. The van der Waals surface area contributed by atoms with E-state index in [-0.39, 0.29) is 6.10 Å². The van der Waals surface area contributed by atoms with Gasteiger partial charge in [-0.2, -0.15) is 0 Å². The molecule has 1 fully saturated rings. The molecule has 1 aliphatic rings. The van der Waals surface area contributed by atoms with Crippen LogP contribution < -0.4 is 0 Å². The maximum Gasteiger partial charge on any atom is 0.0916 e. The fourth-order valence-corrected chi connectivity index (χ4v) is 2.65. The Kier molecular flexibility index (Phi) is 4.41. The first-order valence-corrected chi connectivity index (χ1v) is 7.03. The predicted octanol–water partition coefficient (Wildman–Crippen LogP) is 3.01. The van der Waals surface area contributed by atoms with E-state index in [4.69, 9.17) is 0 Å². The second-order valence-corrected chi connectivity index (χ2v) is 5.93. The molecule has 0 amide bonds. The van der Waals surface area contributed by atoms with E-state index in [0.29, 0.717) is 0 Å². The van der Waals surface area contributed by atoms with Gasteiger partial charge in [-0.25, -0.2) is 0 Å². The summed E-state index contributed by atoms with van der Waals surface area (Å²) in [6, 6.07) is 8.21. The third-order valence-corrected chi connectivity index (χ3v) is 4.31. The smallest absolute Gasteiger partial charge is 0.0916 e. The molecule has 1 saturated heterocycles. The van der Waals surface area contributed by atoms with Crippen molar-refractivity contribution in [3.8, 4) is 0 Å². The number of hydrogen-bond donors (Lipinski definition) is 1. The summed E-state index contributed by atoms with van der Waals surface area (Å²) in [7, 11) is 0. The molecule has 0 bridgehead atoms. The average molecular weight is 247 g/mol. The summed E-state index contributed by atoms with van der Waals surface area (Å²) in [6.45, 7) is 9.72. The van der Waals surface area contributed by atoms with Crippen LogP contribution in [-0.4, -0.2) is 29.6 Å². The molecule has 0 aliphatic carbocycles. The Labute approximate surface area is 111 Å². The highest BCUT2D eigenvalue weighted by molar-refractivity contribution is 5.23. The van der Waals surface area contributed by atoms with E-state index in [2.05, 4.69) is 37.8 Å². The maximum absolute atomic E-state index is 10.3. The van der Waals surface area contributed by atoms with Crippen LogP contribution in [0.4, 0.5) is 0 Å². The molecule has 1 N–H and O–H groups in total. The second kappa shape index (κ2) is 5.85. The van der Waals surface area contributed by atoms with Crippen molar-refractivity contribution < 1.29 is 5.11 Å². The van der Waals surface area contributed by atoms with Gasteiger partial charge in [0.1, 0.15) is 0 Å². The lowest BCUT2D eigenvalue weighted by Crippen LogP contribution is -2.40. The van der Waals surface area contributed by atoms with Gasteiger partial charge in [0, 0.05) is 13.1 Å². The van der Waals surface area contributed by atoms with Gasteiger partial charge in [-0.3, -0.25) is 0 Å². The van der Waals surface area contributed by atoms with Crippen molar-refractivity contribution in [3.05, 3.63) is 35.4 Å². The first-order valence-electron chi connectivity index (χ1n) is 7.03. The SMILES string of the molecule is Cc1ccc(C(O)CN2CCC(C)C(C)C2)cc1. The van der Waals surface area contributed by atoms with E-state index in [1.807, 2.05) is 12.1 Å². The maximum atomic E-state index is 10.3. The van der Waals surface area contributed by atoms with Crippen molar-refractivity contribution in [2.45, 2.75) is 33.3 Å². The van der Waals surface area contributed by atoms with E-state index < -0.39 is 0 Å². The fourth-order valence-electron chi connectivity index (χ4n) is 2.65. The number of β-amino-alcohol motifs (C(OH)–C–C–N with tert-alkyl or cyclic N) is 1. The van der Waals surface area contributed by atoms with Crippen molar-refractivity contribution in [3.63, 3.8) is 0 Å². The number of benzene rings is 1. The van der Waals surface area contributed by atoms with Crippen LogP contribution >= 0.6 is 0 Å². The summed E-state index contributed by atoms with van der Waals surface area (Å²) >= 11 is 0. The van der Waals surface area contributed by atoms with Gasteiger partial charge in [0.25, 0.3) is 0 Å². The average Bonchev–Trinajstić information content (AvgIpc) is 2.34. The third-order valence-electron chi connectivity index (χ3n) is 4.31. The van der Waals surface area contributed by atoms with Gasteiger partial charge in [-0.15, -0.1) is 0 Å². The summed E-state index contributed by atoms with van der Waals surface area (Å²) in [5.74, 6) is 1.56. The molecule has 1 aliphatic heterocycles. The topological polar surface area (TPSA) is 23.5 Å². The molecule has 0 spiro atoms. The summed E-state index contributed by atoms with van der Waals surface area (Å²) < 4.78 is 0. The Balaban J connectivity index is 1.91. The van der Waals surface area contributed by atoms with Crippen LogP contribution in [0.2, 0.25) is 0 Å². The van der Waals surface area contributed by atoms with E-state index in [1.54, 1.807) is 0 Å². The van der Waals surface area contributed by atoms with Gasteiger partial charge in [0.05, 0.1) is 6.10 Å². The summed E-state index contributed by atoms with van der Waals surface area (Å²) in [4.78, 5) is 2.40. The van der Waals surface area contributed by atoms with Crippen LogP contribution in [0.15, 0.2) is 24.3 Å². The van der Waals surface area contributed by atoms with Gasteiger partial charge in [0.2, 0.25) is 0 Å². The molecular formula is C16H25NO. The molecule has 0 saturated carbocycles. The summed E-state index contributed by atoms with van der Waals surface area (Å²) in [5.41, 5.74) is 2.28. The highest BCUT2D eigenvalue weighted by Gasteiger charge is 2.24. The van der Waals surface area contributed by atoms with Gasteiger partial charge in [-0.1, -0.05) is 43.7 Å². The molecule has 2 rings (SSSR count). The first-order chi connectivity index (χ1) is 8.56. The summed E-state index contributed by atoms with van der Waals surface area (Å²) in [6.07, 6.45) is 0.896. The molecule has 2 nitrogen and oxygen atoms in total. The normalized spacial score (nSPS) is 27.1. The van der Waals surface area contributed by atoms with Crippen molar-refractivity contribution in [2.24, 2.45) is 11.8 Å². The van der Waals surface area contributed by atoms with E-state index in [9.17, 15) is 5.11 Å². The Morgan fingerprint density at radius 2 is 1.89 bits per heavy atom. The van der Waals surface area contributed by atoms with Gasteiger partial charge in [0.15, 0.2) is 0 Å². The van der Waals surface area contributed by atoms with Crippen LogP contribution in [-0.2, 0) is 0 Å². The van der Waals surface area contributed by atoms with Gasteiger partial charge < -0.3 is 10.0 Å². The lowest BCUT2D eigenvalue weighted by molar-refractivity contribution is 0.0705. The van der Waals surface area contributed by atoms with E-state index in [1.165, 1.54) is 12.0 Å². The van der Waals surface area contributed by atoms with Crippen molar-refractivity contribution in [2.75, 3.05) is 19.6 Å². The number of aryl methyl sites for hydroxylation is 1. The third kappa shape index (κ3) is 3.33. The molecule has 18 heavy (non-hydrogen) atoms. The van der Waals surface area contributed by atoms with Crippen LogP contribution in [0.1, 0.15) is 37.5 Å². The number of aliphatic hydroxyl groups is 1. The first kappa shape index (κ1) is 13.6. The van der Waals surface area contributed by atoms with E-state index in [0.717, 1.165) is 37.0 Å². The molecule has 100 valence electrons. The van der Waals surface area contributed by atoms with Crippen LogP contribution in [0, 0.1) is 18.8 Å². The minimum absolute atomic E-state index is 0.355. The number of aliphatic hydroxyl groups excluding tert-OH is 1. The van der Waals surface area contributed by atoms with Gasteiger partial charge in [-0.05, 0) is 37.3 Å². The molecule has 1 aromatic carbocycles. The number of piperidine rings is 1. The zero-order chi connectivity index (χ0) is 13.1.